The Morgan fingerprint density at radius 1 is 0.786 bits per heavy atom. The van der Waals surface area contributed by atoms with E-state index in [-0.39, 0.29) is 0 Å². The highest BCUT2D eigenvalue weighted by Gasteiger charge is 2.22. The van der Waals surface area contributed by atoms with E-state index in [0.29, 0.717) is 0 Å². The number of anilines is 1. The monoisotopic (exact) mass is 562 g/mol. The zero-order valence-corrected chi connectivity index (χ0v) is 26.0. The molecule has 0 fully saturated rings. The van der Waals surface area contributed by atoms with Crippen LogP contribution in [0.2, 0.25) is 0 Å². The maximum atomic E-state index is 5.38. The first-order valence-corrected chi connectivity index (χ1v) is 15.6. The van der Waals surface area contributed by atoms with Crippen molar-refractivity contribution < 1.29 is 0 Å². The van der Waals surface area contributed by atoms with Gasteiger partial charge in [-0.2, -0.15) is 0 Å². The van der Waals surface area contributed by atoms with Gasteiger partial charge in [0.25, 0.3) is 0 Å². The molecular weight excluding hydrogens is 516 g/mol. The first kappa shape index (κ1) is 29.7. The molecule has 0 saturated heterocycles. The molecule has 2 aromatic heterocycles. The minimum atomic E-state index is 0.865. The van der Waals surface area contributed by atoms with E-state index >= 15 is 0 Å². The van der Waals surface area contributed by atoms with Crippen molar-refractivity contribution in [3.63, 3.8) is 0 Å². The Balaban J connectivity index is 1.60. The van der Waals surface area contributed by atoms with E-state index in [1.807, 2.05) is 0 Å². The molecule has 6 nitrogen and oxygen atoms in total. The number of para-hydroxylation sites is 1. The summed E-state index contributed by atoms with van der Waals surface area (Å²) in [6.45, 7) is 11.2. The normalized spacial score (nSPS) is 11.7. The predicted octanol–water partition coefficient (Wildman–Crippen LogP) is 6.74. The molecule has 0 aliphatic heterocycles. The van der Waals surface area contributed by atoms with Gasteiger partial charge in [0.1, 0.15) is 17.0 Å². The van der Waals surface area contributed by atoms with Gasteiger partial charge in [0.15, 0.2) is 0 Å². The molecule has 0 radical (unpaired) electrons. The lowest BCUT2D eigenvalue weighted by molar-refractivity contribution is 0.425. The van der Waals surface area contributed by atoms with Crippen LogP contribution in [0.15, 0.2) is 66.7 Å². The maximum absolute atomic E-state index is 5.38. The minimum Gasteiger partial charge on any atom is -0.383 e. The number of rotatable bonds is 14. The van der Waals surface area contributed by atoms with Crippen molar-refractivity contribution in [2.45, 2.75) is 53.0 Å². The first-order valence-electron chi connectivity index (χ1n) is 15.6. The number of pyridine rings is 1. The largest absolute Gasteiger partial charge is 0.383 e. The van der Waals surface area contributed by atoms with Gasteiger partial charge >= 0.3 is 0 Å². The molecular formula is C36H46N6. The maximum Gasteiger partial charge on any atom is 0.116 e. The quantitative estimate of drug-likeness (QED) is 0.147. The average Bonchev–Trinajstić information content (AvgIpc) is 3.39. The van der Waals surface area contributed by atoms with E-state index in [4.69, 9.17) is 9.97 Å². The summed E-state index contributed by atoms with van der Waals surface area (Å²) in [6.07, 6.45) is 3.86. The molecule has 5 rings (SSSR count). The Hall–Kier alpha value is -3.74. The van der Waals surface area contributed by atoms with Crippen molar-refractivity contribution in [2.24, 2.45) is 0 Å². The van der Waals surface area contributed by atoms with E-state index in [2.05, 4.69) is 122 Å². The third kappa shape index (κ3) is 6.50. The third-order valence-corrected chi connectivity index (χ3v) is 8.11. The summed E-state index contributed by atoms with van der Waals surface area (Å²) >= 11 is 0. The van der Waals surface area contributed by atoms with Crippen molar-refractivity contribution >= 4 is 27.6 Å². The lowest BCUT2D eigenvalue weighted by Gasteiger charge is -2.17. The van der Waals surface area contributed by atoms with Crippen molar-refractivity contribution in [3.8, 4) is 11.3 Å². The number of aromatic nitrogens is 3. The fourth-order valence-electron chi connectivity index (χ4n) is 5.84. The van der Waals surface area contributed by atoms with Gasteiger partial charge in [-0.15, -0.1) is 0 Å². The number of nitrogens with one attached hydrogen (secondary N) is 2. The highest BCUT2D eigenvalue weighted by atomic mass is 15.1. The number of hydrogen-bond acceptors (Lipinski definition) is 5. The van der Waals surface area contributed by atoms with Gasteiger partial charge in [-0.05, 0) is 68.7 Å². The van der Waals surface area contributed by atoms with Crippen LogP contribution < -0.4 is 10.6 Å². The molecule has 0 aliphatic carbocycles. The average molecular weight is 563 g/mol. The van der Waals surface area contributed by atoms with Crippen LogP contribution in [0, 0.1) is 0 Å². The summed E-state index contributed by atoms with van der Waals surface area (Å²) in [4.78, 5) is 12.9. The molecule has 3 aromatic carbocycles. The fourth-order valence-corrected chi connectivity index (χ4v) is 5.84. The molecule has 220 valence electrons. The van der Waals surface area contributed by atoms with Crippen molar-refractivity contribution in [2.75, 3.05) is 45.6 Å². The molecule has 0 bridgehead atoms. The summed E-state index contributed by atoms with van der Waals surface area (Å²) in [5.74, 6) is 1.12. The number of hydrogen-bond donors (Lipinski definition) is 2. The lowest BCUT2D eigenvalue weighted by atomic mass is 9.98. The number of fused-ring (bicyclic) bond motifs is 3. The van der Waals surface area contributed by atoms with Crippen LogP contribution in [0.4, 0.5) is 5.69 Å². The zero-order chi connectivity index (χ0) is 29.5. The topological polar surface area (TPSA) is 58.0 Å². The van der Waals surface area contributed by atoms with Crippen LogP contribution in [0.25, 0.3) is 33.2 Å². The van der Waals surface area contributed by atoms with E-state index in [1.165, 1.54) is 27.6 Å². The Morgan fingerprint density at radius 2 is 1.57 bits per heavy atom. The van der Waals surface area contributed by atoms with Crippen LogP contribution >= 0.6 is 0 Å². The Morgan fingerprint density at radius 3 is 2.31 bits per heavy atom. The molecule has 0 amide bonds. The highest BCUT2D eigenvalue weighted by Crippen LogP contribution is 2.38. The number of aryl methyl sites for hydroxylation is 3. The third-order valence-electron chi connectivity index (χ3n) is 8.11. The standard InChI is InChI=1S/C36H46N6/c1-6-26-24-28(7-2)33-31(25-26)39-34(29-16-12-13-17-30(29)38-21-22-41(4)5)35-36(33)42(32(8-3)40-35)23-20-37-19-18-27-14-10-9-11-15-27/h9-17,24-25,37-38H,6-8,18-23H2,1-5H3. The lowest BCUT2D eigenvalue weighted by Crippen LogP contribution is -2.23. The molecule has 2 heterocycles. The molecule has 0 aliphatic rings. The smallest absolute Gasteiger partial charge is 0.116 e. The van der Waals surface area contributed by atoms with E-state index in [1.54, 1.807) is 0 Å². The zero-order valence-electron chi connectivity index (χ0n) is 26.0. The van der Waals surface area contributed by atoms with Crippen molar-refractivity contribution in [3.05, 3.63) is 89.2 Å². The van der Waals surface area contributed by atoms with Gasteiger partial charge in [0.05, 0.1) is 11.0 Å². The Bertz CT molecular complexity index is 1620. The van der Waals surface area contributed by atoms with Crippen molar-refractivity contribution in [1.29, 1.82) is 0 Å². The van der Waals surface area contributed by atoms with E-state index < -0.39 is 0 Å². The molecule has 5 aromatic rings. The number of likely N-dealkylation sites (N-methyl/N-ethyl adjacent to an activating group) is 1. The molecule has 6 heteroatoms. The summed E-state index contributed by atoms with van der Waals surface area (Å²) < 4.78 is 2.46. The van der Waals surface area contributed by atoms with Gasteiger partial charge in [-0.1, -0.05) is 75.4 Å². The first-order chi connectivity index (χ1) is 20.5. The van der Waals surface area contributed by atoms with Crippen LogP contribution in [0.1, 0.15) is 43.3 Å². The van der Waals surface area contributed by atoms with Crippen LogP contribution in [-0.2, 0) is 32.2 Å². The second kappa shape index (κ2) is 14.0. The highest BCUT2D eigenvalue weighted by molar-refractivity contribution is 6.10. The second-order valence-corrected chi connectivity index (χ2v) is 11.3. The van der Waals surface area contributed by atoms with Crippen LogP contribution in [0.3, 0.4) is 0 Å². The van der Waals surface area contributed by atoms with Crippen LogP contribution in [0.5, 0.6) is 0 Å². The number of imidazole rings is 1. The summed E-state index contributed by atoms with van der Waals surface area (Å²) in [6, 6.07) is 23.9. The molecule has 0 spiro atoms. The molecule has 2 N–H and O–H groups in total. The summed E-state index contributed by atoms with van der Waals surface area (Å²) in [5.41, 5.74) is 10.5. The number of benzene rings is 3. The van der Waals surface area contributed by atoms with Gasteiger partial charge in [0.2, 0.25) is 0 Å². The van der Waals surface area contributed by atoms with Gasteiger partial charge in [-0.3, -0.25) is 0 Å². The number of nitrogens with zero attached hydrogens (tertiary/aromatic N) is 4. The van der Waals surface area contributed by atoms with Gasteiger partial charge in [0, 0.05) is 49.2 Å². The van der Waals surface area contributed by atoms with E-state index in [9.17, 15) is 0 Å². The Labute approximate surface area is 251 Å². The Kier molecular flexibility index (Phi) is 9.88. The molecule has 42 heavy (non-hydrogen) atoms. The van der Waals surface area contributed by atoms with Crippen molar-refractivity contribution in [1.82, 2.24) is 24.8 Å². The van der Waals surface area contributed by atoms with Gasteiger partial charge in [-0.25, -0.2) is 9.97 Å². The molecule has 0 saturated carbocycles. The second-order valence-electron chi connectivity index (χ2n) is 11.3. The predicted molar refractivity (Wildman–Crippen MR) is 179 cm³/mol. The SMILES string of the molecule is CCc1cc(CC)c2c(c1)nc(-c1ccccc1NCCN(C)C)c1nc(CC)n(CCNCCc3ccccc3)c12. The molecule has 0 unspecified atom stereocenters. The summed E-state index contributed by atoms with van der Waals surface area (Å²) in [7, 11) is 4.21. The minimum absolute atomic E-state index is 0.865. The van der Waals surface area contributed by atoms with E-state index in [0.717, 1.165) is 92.2 Å². The molecule has 0 atom stereocenters. The summed E-state index contributed by atoms with van der Waals surface area (Å²) in [5, 5.41) is 8.62. The fraction of sp³-hybridized carbons (Fsp3) is 0.389. The van der Waals surface area contributed by atoms with Gasteiger partial charge < -0.3 is 20.1 Å². The van der Waals surface area contributed by atoms with Crippen LogP contribution in [-0.4, -0.2) is 59.7 Å².